The predicted octanol–water partition coefficient (Wildman–Crippen LogP) is 5.18. The van der Waals surface area contributed by atoms with E-state index in [0.29, 0.717) is 13.1 Å². The van der Waals surface area contributed by atoms with Gasteiger partial charge < -0.3 is 4.90 Å². The van der Waals surface area contributed by atoms with Crippen LogP contribution >= 0.6 is 11.3 Å². The molecule has 27 heavy (non-hydrogen) atoms. The molecule has 3 aromatic carbocycles. The van der Waals surface area contributed by atoms with Crippen LogP contribution in [0.15, 0.2) is 84.4 Å². The topological polar surface area (TPSA) is 33.2 Å². The molecule has 0 atom stereocenters. The summed E-state index contributed by atoms with van der Waals surface area (Å²) in [5.41, 5.74) is 5.85. The summed E-state index contributed by atoms with van der Waals surface area (Å²) in [6.45, 7) is 1.28. The van der Waals surface area contributed by atoms with Crippen molar-refractivity contribution in [2.24, 2.45) is 0 Å². The zero-order valence-electron chi connectivity index (χ0n) is 14.9. The van der Waals surface area contributed by atoms with Crippen molar-refractivity contribution < 1.29 is 4.79 Å². The van der Waals surface area contributed by atoms with Crippen LogP contribution < -0.4 is 0 Å². The number of carbonyl (C=O) groups excluding carboxylic acids is 1. The second-order valence-corrected chi connectivity index (χ2v) is 7.37. The number of fused-ring (bicyclic) bond motifs is 1. The molecule has 3 nitrogen and oxygen atoms in total. The monoisotopic (exact) mass is 372 g/mol. The molecule has 0 saturated carbocycles. The molecule has 0 aliphatic rings. The minimum absolute atomic E-state index is 0.0603. The smallest absolute Gasteiger partial charge is 0.254 e. The van der Waals surface area contributed by atoms with Gasteiger partial charge in [0.1, 0.15) is 0 Å². The molecule has 0 bridgehead atoms. The number of aromatic nitrogens is 1. The third-order valence-corrected chi connectivity index (χ3v) is 5.39. The fraction of sp³-hybridized carbons (Fsp3) is 0.130. The van der Waals surface area contributed by atoms with Crippen molar-refractivity contribution >= 4 is 27.5 Å². The fourth-order valence-electron chi connectivity index (χ4n) is 3.14. The molecule has 4 aromatic rings. The Morgan fingerprint density at radius 2 is 1.59 bits per heavy atom. The second kappa shape index (κ2) is 8.14. The summed E-state index contributed by atoms with van der Waals surface area (Å²) in [6, 6.07) is 26.2. The highest BCUT2D eigenvalue weighted by Gasteiger charge is 2.17. The number of nitrogens with zero attached hydrogens (tertiary/aromatic N) is 2. The zero-order chi connectivity index (χ0) is 18.5. The maximum Gasteiger partial charge on any atom is 0.254 e. The minimum atomic E-state index is 0.0603. The van der Waals surface area contributed by atoms with E-state index >= 15 is 0 Å². The van der Waals surface area contributed by atoms with E-state index in [1.54, 1.807) is 11.3 Å². The Bertz CT molecular complexity index is 1030. The third kappa shape index (κ3) is 4.23. The Morgan fingerprint density at radius 1 is 0.889 bits per heavy atom. The first kappa shape index (κ1) is 17.4. The number of rotatable bonds is 6. The molecular formula is C23H20N2OS. The number of thiazole rings is 1. The van der Waals surface area contributed by atoms with E-state index in [0.717, 1.165) is 27.8 Å². The summed E-state index contributed by atoms with van der Waals surface area (Å²) in [7, 11) is 0. The van der Waals surface area contributed by atoms with Gasteiger partial charge in [-0.1, -0.05) is 60.7 Å². The average molecular weight is 372 g/mol. The van der Waals surface area contributed by atoms with Gasteiger partial charge in [0.05, 0.1) is 15.7 Å². The van der Waals surface area contributed by atoms with Crippen molar-refractivity contribution in [2.75, 3.05) is 6.54 Å². The van der Waals surface area contributed by atoms with Crippen LogP contribution in [0.4, 0.5) is 0 Å². The van der Waals surface area contributed by atoms with Crippen LogP contribution in [-0.2, 0) is 13.0 Å². The number of hydrogen-bond acceptors (Lipinski definition) is 3. The number of amides is 1. The summed E-state index contributed by atoms with van der Waals surface area (Å²) in [5, 5.41) is 0. The molecule has 4 heteroatoms. The molecule has 0 aliphatic heterocycles. The normalized spacial score (nSPS) is 10.8. The van der Waals surface area contributed by atoms with Gasteiger partial charge in [0.2, 0.25) is 0 Å². The first-order chi connectivity index (χ1) is 13.3. The van der Waals surface area contributed by atoms with Crippen molar-refractivity contribution in [1.82, 2.24) is 9.88 Å². The van der Waals surface area contributed by atoms with Crippen LogP contribution in [0.1, 0.15) is 21.5 Å². The van der Waals surface area contributed by atoms with Gasteiger partial charge in [0.15, 0.2) is 0 Å². The van der Waals surface area contributed by atoms with Crippen LogP contribution in [0.25, 0.3) is 10.2 Å². The molecule has 1 amide bonds. The van der Waals surface area contributed by atoms with E-state index in [2.05, 4.69) is 29.2 Å². The van der Waals surface area contributed by atoms with Crippen molar-refractivity contribution in [3.8, 4) is 0 Å². The summed E-state index contributed by atoms with van der Waals surface area (Å²) in [6.07, 6.45) is 0.836. The molecule has 0 N–H and O–H groups in total. The van der Waals surface area contributed by atoms with E-state index in [1.807, 2.05) is 65.0 Å². The van der Waals surface area contributed by atoms with Crippen molar-refractivity contribution in [2.45, 2.75) is 13.0 Å². The molecule has 0 saturated heterocycles. The Kier molecular flexibility index (Phi) is 5.26. The molecule has 1 heterocycles. The van der Waals surface area contributed by atoms with Crippen molar-refractivity contribution in [3.63, 3.8) is 0 Å². The molecule has 1 aromatic heterocycles. The molecule has 4 rings (SSSR count). The average Bonchev–Trinajstić information content (AvgIpc) is 3.20. The minimum Gasteiger partial charge on any atom is -0.334 e. The lowest BCUT2D eigenvalue weighted by Gasteiger charge is -2.23. The number of hydrogen-bond donors (Lipinski definition) is 0. The summed E-state index contributed by atoms with van der Waals surface area (Å²) >= 11 is 1.56. The van der Waals surface area contributed by atoms with Crippen LogP contribution in [-0.4, -0.2) is 22.3 Å². The molecule has 0 aliphatic carbocycles. The van der Waals surface area contributed by atoms with E-state index in [4.69, 9.17) is 0 Å². The number of carbonyl (C=O) groups is 1. The molecule has 0 fully saturated rings. The SMILES string of the molecule is O=C(c1ccc2ncsc2c1)N(CCc1ccccc1)Cc1ccccc1. The lowest BCUT2D eigenvalue weighted by atomic mass is 10.1. The Morgan fingerprint density at radius 3 is 2.33 bits per heavy atom. The summed E-state index contributed by atoms with van der Waals surface area (Å²) < 4.78 is 1.04. The largest absolute Gasteiger partial charge is 0.334 e. The Balaban J connectivity index is 1.58. The van der Waals surface area contributed by atoms with Gasteiger partial charge in [-0.2, -0.15) is 0 Å². The zero-order valence-corrected chi connectivity index (χ0v) is 15.7. The first-order valence-electron chi connectivity index (χ1n) is 9.00. The summed E-state index contributed by atoms with van der Waals surface area (Å²) in [5.74, 6) is 0.0603. The van der Waals surface area contributed by atoms with Gasteiger partial charge in [-0.05, 0) is 35.7 Å². The summed E-state index contributed by atoms with van der Waals surface area (Å²) in [4.78, 5) is 19.5. The van der Waals surface area contributed by atoms with Gasteiger partial charge in [0.25, 0.3) is 5.91 Å². The fourth-order valence-corrected chi connectivity index (χ4v) is 3.85. The Labute approximate surface area is 162 Å². The van der Waals surface area contributed by atoms with Gasteiger partial charge in [-0.25, -0.2) is 4.98 Å². The predicted molar refractivity (Wildman–Crippen MR) is 111 cm³/mol. The lowest BCUT2D eigenvalue weighted by Crippen LogP contribution is -2.32. The second-order valence-electron chi connectivity index (χ2n) is 6.48. The maximum atomic E-state index is 13.2. The standard InChI is InChI=1S/C23H20N2OS/c26-23(20-11-12-21-22(15-20)27-17-24-21)25(16-19-9-5-2-6-10-19)14-13-18-7-3-1-4-8-18/h1-12,15,17H,13-14,16H2. The molecule has 134 valence electrons. The maximum absolute atomic E-state index is 13.2. The molecular weight excluding hydrogens is 352 g/mol. The van der Waals surface area contributed by atoms with Crippen molar-refractivity contribution in [1.29, 1.82) is 0 Å². The lowest BCUT2D eigenvalue weighted by molar-refractivity contribution is 0.0745. The van der Waals surface area contributed by atoms with Gasteiger partial charge in [0, 0.05) is 18.7 Å². The highest BCUT2D eigenvalue weighted by atomic mass is 32.1. The van der Waals surface area contributed by atoms with Gasteiger partial charge in [-0.15, -0.1) is 11.3 Å². The van der Waals surface area contributed by atoms with E-state index in [-0.39, 0.29) is 5.91 Å². The van der Waals surface area contributed by atoms with E-state index < -0.39 is 0 Å². The van der Waals surface area contributed by atoms with Crippen molar-refractivity contribution in [3.05, 3.63) is 101 Å². The van der Waals surface area contributed by atoms with Crippen LogP contribution in [0.3, 0.4) is 0 Å². The quantitative estimate of drug-likeness (QED) is 0.467. The van der Waals surface area contributed by atoms with Crippen LogP contribution in [0.2, 0.25) is 0 Å². The highest BCUT2D eigenvalue weighted by Crippen LogP contribution is 2.21. The molecule has 0 radical (unpaired) electrons. The van der Waals surface area contributed by atoms with E-state index in [1.165, 1.54) is 5.56 Å². The van der Waals surface area contributed by atoms with Gasteiger partial charge >= 0.3 is 0 Å². The number of benzene rings is 3. The third-order valence-electron chi connectivity index (χ3n) is 4.59. The molecule has 0 unspecified atom stereocenters. The van der Waals surface area contributed by atoms with Crippen LogP contribution in [0, 0.1) is 0 Å². The highest BCUT2D eigenvalue weighted by molar-refractivity contribution is 7.16. The first-order valence-corrected chi connectivity index (χ1v) is 9.88. The Hall–Kier alpha value is -2.98. The van der Waals surface area contributed by atoms with Crippen LogP contribution in [0.5, 0.6) is 0 Å². The van der Waals surface area contributed by atoms with Gasteiger partial charge in [-0.3, -0.25) is 4.79 Å². The molecule has 0 spiro atoms. The van der Waals surface area contributed by atoms with E-state index in [9.17, 15) is 4.79 Å².